The molecule has 2 aliphatic rings. The van der Waals surface area contributed by atoms with Gasteiger partial charge in [0, 0.05) is 34.8 Å². The van der Waals surface area contributed by atoms with E-state index < -0.39 is 0 Å². The fourth-order valence-electron chi connectivity index (χ4n) is 4.83. The van der Waals surface area contributed by atoms with Crippen LogP contribution in [0.4, 0.5) is 5.69 Å². The molecule has 0 aliphatic carbocycles. The number of carbonyl (C=O) groups is 1. The van der Waals surface area contributed by atoms with Gasteiger partial charge < -0.3 is 9.64 Å². The molecule has 0 aromatic heterocycles. The fraction of sp³-hybridized carbons (Fsp3) is 0.500. The van der Waals surface area contributed by atoms with Crippen LogP contribution in [0.15, 0.2) is 48.5 Å². The van der Waals surface area contributed by atoms with Crippen molar-refractivity contribution in [1.29, 1.82) is 0 Å². The minimum absolute atomic E-state index is 0.0140. The Kier molecular flexibility index (Phi) is 7.54. The molecular weight excluding hydrogens is 499 g/mol. The van der Waals surface area contributed by atoms with Crippen molar-refractivity contribution in [2.75, 3.05) is 37.7 Å². The summed E-state index contributed by atoms with van der Waals surface area (Å²) in [5.74, 6) is 2.10. The van der Waals surface area contributed by atoms with Crippen LogP contribution < -0.4 is 9.64 Å². The number of ketones is 1. The number of piperidine rings is 2. The van der Waals surface area contributed by atoms with Gasteiger partial charge in [0.2, 0.25) is 0 Å². The van der Waals surface area contributed by atoms with Crippen molar-refractivity contribution in [3.05, 3.63) is 57.7 Å². The summed E-state index contributed by atoms with van der Waals surface area (Å²) in [6.45, 7) is 8.69. The molecule has 0 saturated carbocycles. The lowest BCUT2D eigenvalue weighted by Crippen LogP contribution is -2.48. The van der Waals surface area contributed by atoms with E-state index in [1.54, 1.807) is 0 Å². The number of rotatable bonds is 6. The smallest absolute Gasteiger partial charge is 0.152 e. The highest BCUT2D eigenvalue weighted by atomic mass is 127. The lowest BCUT2D eigenvalue weighted by atomic mass is 9.89. The number of carbonyl (C=O) groups excluding carboxylic acids is 1. The van der Waals surface area contributed by atoms with Crippen LogP contribution in [0.3, 0.4) is 0 Å². The third-order valence-electron chi connectivity index (χ3n) is 6.98. The Bertz CT molecular complexity index is 860. The molecule has 2 aromatic carbocycles. The molecular formula is C26H33IN2O2. The highest BCUT2D eigenvalue weighted by Gasteiger charge is 2.30. The molecule has 2 fully saturated rings. The van der Waals surface area contributed by atoms with Gasteiger partial charge >= 0.3 is 0 Å². The Balaban J connectivity index is 1.23. The Labute approximate surface area is 200 Å². The summed E-state index contributed by atoms with van der Waals surface area (Å²) in [5, 5.41) is 0. The highest BCUT2D eigenvalue weighted by molar-refractivity contribution is 14.1. The lowest BCUT2D eigenvalue weighted by molar-refractivity contribution is -0.130. The molecule has 0 spiro atoms. The minimum atomic E-state index is 0.0140. The van der Waals surface area contributed by atoms with E-state index in [2.05, 4.69) is 80.9 Å². The number of anilines is 1. The number of likely N-dealkylation sites (tertiary alicyclic amines) is 1. The van der Waals surface area contributed by atoms with Crippen LogP contribution in [0.1, 0.15) is 44.6 Å². The van der Waals surface area contributed by atoms with Gasteiger partial charge in [-0.1, -0.05) is 19.1 Å². The lowest BCUT2D eigenvalue weighted by Gasteiger charge is -2.35. The van der Waals surface area contributed by atoms with E-state index in [0.717, 1.165) is 38.3 Å². The predicted molar refractivity (Wildman–Crippen MR) is 135 cm³/mol. The van der Waals surface area contributed by atoms with Crippen LogP contribution in [-0.4, -0.2) is 49.5 Å². The first kappa shape index (κ1) is 22.6. The third kappa shape index (κ3) is 5.61. The van der Waals surface area contributed by atoms with Gasteiger partial charge in [0.1, 0.15) is 12.4 Å². The number of nitrogens with zero attached hydrogens (tertiary/aromatic N) is 2. The Hall–Kier alpha value is -1.60. The molecule has 2 aliphatic heterocycles. The number of benzene rings is 2. The minimum Gasteiger partial charge on any atom is -0.492 e. The average molecular weight is 532 g/mol. The molecule has 5 heteroatoms. The summed E-state index contributed by atoms with van der Waals surface area (Å²) < 4.78 is 7.27. The topological polar surface area (TPSA) is 32.8 Å². The Morgan fingerprint density at radius 2 is 1.61 bits per heavy atom. The largest absolute Gasteiger partial charge is 0.492 e. The SMILES string of the molecule is CC1CCN(CCOc2ccc(C3CCN(c4ccc(I)cc4)CC3)cc2)[C@H](C)C1=O. The van der Waals surface area contributed by atoms with Crippen molar-refractivity contribution in [3.63, 3.8) is 0 Å². The zero-order valence-corrected chi connectivity index (χ0v) is 20.8. The number of hydrogen-bond donors (Lipinski definition) is 0. The van der Waals surface area contributed by atoms with E-state index in [1.165, 1.54) is 27.7 Å². The third-order valence-corrected chi connectivity index (χ3v) is 7.70. The summed E-state index contributed by atoms with van der Waals surface area (Å²) in [6.07, 6.45) is 3.33. The van der Waals surface area contributed by atoms with Crippen LogP contribution in [0.5, 0.6) is 5.75 Å². The summed E-state index contributed by atoms with van der Waals surface area (Å²) in [7, 11) is 0. The Morgan fingerprint density at radius 1 is 0.935 bits per heavy atom. The first-order valence-corrected chi connectivity index (χ1v) is 12.6. The normalized spacial score (nSPS) is 23.2. The molecule has 31 heavy (non-hydrogen) atoms. The summed E-state index contributed by atoms with van der Waals surface area (Å²) in [4.78, 5) is 16.9. The summed E-state index contributed by atoms with van der Waals surface area (Å²) in [5.41, 5.74) is 2.75. The number of Topliss-reactive ketones (excluding diaryl/α,β-unsaturated/α-hetero) is 1. The van der Waals surface area contributed by atoms with E-state index in [0.29, 0.717) is 18.3 Å². The van der Waals surface area contributed by atoms with Crippen LogP contribution in [0.25, 0.3) is 0 Å². The molecule has 2 aromatic rings. The molecule has 0 N–H and O–H groups in total. The van der Waals surface area contributed by atoms with Gasteiger partial charge in [-0.2, -0.15) is 0 Å². The van der Waals surface area contributed by atoms with E-state index in [4.69, 9.17) is 4.74 Å². The van der Waals surface area contributed by atoms with Crippen LogP contribution in [0, 0.1) is 9.49 Å². The average Bonchev–Trinajstić information content (AvgIpc) is 2.80. The van der Waals surface area contributed by atoms with Gasteiger partial charge in [-0.3, -0.25) is 9.69 Å². The zero-order valence-electron chi connectivity index (χ0n) is 18.6. The molecule has 2 saturated heterocycles. The van der Waals surface area contributed by atoms with Crippen molar-refractivity contribution in [3.8, 4) is 5.75 Å². The fourth-order valence-corrected chi connectivity index (χ4v) is 5.19. The van der Waals surface area contributed by atoms with Crippen molar-refractivity contribution < 1.29 is 9.53 Å². The predicted octanol–water partition coefficient (Wildman–Crippen LogP) is 5.35. The van der Waals surface area contributed by atoms with Gasteiger partial charge in [0.05, 0.1) is 6.04 Å². The van der Waals surface area contributed by atoms with Crippen molar-refractivity contribution in [2.45, 2.75) is 45.1 Å². The molecule has 4 rings (SSSR count). The van der Waals surface area contributed by atoms with Crippen LogP contribution in [-0.2, 0) is 4.79 Å². The monoisotopic (exact) mass is 532 g/mol. The van der Waals surface area contributed by atoms with Gasteiger partial charge in [-0.05, 0) is 103 Å². The molecule has 166 valence electrons. The van der Waals surface area contributed by atoms with Crippen LogP contribution in [0.2, 0.25) is 0 Å². The van der Waals surface area contributed by atoms with E-state index in [-0.39, 0.29) is 12.0 Å². The van der Waals surface area contributed by atoms with Crippen molar-refractivity contribution in [2.24, 2.45) is 5.92 Å². The second-order valence-corrected chi connectivity index (χ2v) is 10.2. The van der Waals surface area contributed by atoms with Gasteiger partial charge in [-0.25, -0.2) is 0 Å². The maximum absolute atomic E-state index is 12.2. The zero-order chi connectivity index (χ0) is 21.8. The first-order valence-electron chi connectivity index (χ1n) is 11.5. The molecule has 0 radical (unpaired) electrons. The van der Waals surface area contributed by atoms with E-state index >= 15 is 0 Å². The molecule has 1 unspecified atom stereocenters. The number of ether oxygens (including phenoxy) is 1. The van der Waals surface area contributed by atoms with Gasteiger partial charge in [0.15, 0.2) is 5.78 Å². The Morgan fingerprint density at radius 3 is 2.29 bits per heavy atom. The maximum Gasteiger partial charge on any atom is 0.152 e. The van der Waals surface area contributed by atoms with Crippen molar-refractivity contribution in [1.82, 2.24) is 4.90 Å². The standard InChI is InChI=1S/C26H33IN2O2/c1-19-11-14-28(20(2)26(19)30)17-18-31-25-9-3-21(4-10-25)22-12-15-29(16-13-22)24-7-5-23(27)6-8-24/h3-10,19-20,22H,11-18H2,1-2H3/t19?,20-/m1/s1. The number of halogens is 1. The molecule has 2 heterocycles. The number of hydrogen-bond acceptors (Lipinski definition) is 4. The van der Waals surface area contributed by atoms with Gasteiger partial charge in [-0.15, -0.1) is 0 Å². The highest BCUT2D eigenvalue weighted by Crippen LogP contribution is 2.31. The van der Waals surface area contributed by atoms with Crippen LogP contribution >= 0.6 is 22.6 Å². The second kappa shape index (κ2) is 10.3. The molecule has 0 bridgehead atoms. The first-order chi connectivity index (χ1) is 15.0. The molecule has 2 atom stereocenters. The van der Waals surface area contributed by atoms with E-state index in [9.17, 15) is 4.79 Å². The van der Waals surface area contributed by atoms with E-state index in [1.807, 2.05) is 13.8 Å². The summed E-state index contributed by atoms with van der Waals surface area (Å²) >= 11 is 2.36. The summed E-state index contributed by atoms with van der Waals surface area (Å²) in [6, 6.07) is 17.5. The second-order valence-electron chi connectivity index (χ2n) is 8.96. The maximum atomic E-state index is 12.2. The molecule has 0 amide bonds. The quantitative estimate of drug-likeness (QED) is 0.470. The van der Waals surface area contributed by atoms with Gasteiger partial charge in [0.25, 0.3) is 0 Å². The van der Waals surface area contributed by atoms with Crippen molar-refractivity contribution >= 4 is 34.1 Å². The molecule has 4 nitrogen and oxygen atoms in total.